The van der Waals surface area contributed by atoms with Crippen LogP contribution in [0.4, 0.5) is 15.9 Å². The van der Waals surface area contributed by atoms with Gasteiger partial charge in [-0.2, -0.15) is 9.40 Å². The summed E-state index contributed by atoms with van der Waals surface area (Å²) in [6, 6.07) is 22.7. The summed E-state index contributed by atoms with van der Waals surface area (Å²) in [6.07, 6.45) is 0. The molecule has 10 nitrogen and oxygen atoms in total. The van der Waals surface area contributed by atoms with Crippen molar-refractivity contribution in [2.24, 2.45) is 0 Å². The number of amides is 1. The van der Waals surface area contributed by atoms with Crippen LogP contribution in [0.2, 0.25) is 0 Å². The van der Waals surface area contributed by atoms with Crippen LogP contribution in [0.1, 0.15) is 27.2 Å². The lowest BCUT2D eigenvalue weighted by molar-refractivity contribution is 0.0557. The molecule has 2 N–H and O–H groups in total. The van der Waals surface area contributed by atoms with Crippen molar-refractivity contribution in [2.45, 2.75) is 30.6 Å². The van der Waals surface area contributed by atoms with E-state index in [4.69, 9.17) is 4.74 Å². The minimum atomic E-state index is -3.92. The van der Waals surface area contributed by atoms with E-state index in [9.17, 15) is 17.6 Å². The number of ether oxygens (including phenoxy) is 1. The lowest BCUT2D eigenvalue weighted by Crippen LogP contribution is -2.53. The highest BCUT2D eigenvalue weighted by Crippen LogP contribution is 2.32. The maximum absolute atomic E-state index is 13.7. The predicted octanol–water partition coefficient (Wildman–Crippen LogP) is 3.84. The number of piperazine rings is 1. The van der Waals surface area contributed by atoms with Crippen LogP contribution in [0.25, 0.3) is 0 Å². The van der Waals surface area contributed by atoms with E-state index in [0.717, 1.165) is 37.0 Å². The Labute approximate surface area is 250 Å². The Kier molecular flexibility index (Phi) is 8.26. The summed E-state index contributed by atoms with van der Waals surface area (Å²) in [4.78, 5) is 17.6. The molecule has 3 aromatic carbocycles. The summed E-state index contributed by atoms with van der Waals surface area (Å²) in [7, 11) is -1.81. The first-order valence-electron chi connectivity index (χ1n) is 14.1. The predicted molar refractivity (Wildman–Crippen MR) is 161 cm³/mol. The summed E-state index contributed by atoms with van der Waals surface area (Å²) in [5.41, 5.74) is 3.81. The van der Waals surface area contributed by atoms with Crippen molar-refractivity contribution in [1.29, 1.82) is 0 Å². The number of hydrogen-bond donors (Lipinski definition) is 2. The third-order valence-electron chi connectivity index (χ3n) is 7.98. The SMILES string of the molecule is CN1CCN(c2ccc(C(=O)Nc3n[nH]c4c3CN(S(=O)(=O)c3cccc(F)c3)C4)cc2)CC1COCc1ccccc1. The Morgan fingerprint density at radius 3 is 2.60 bits per heavy atom. The summed E-state index contributed by atoms with van der Waals surface area (Å²) in [5, 5.41) is 9.83. The number of carbonyl (C=O) groups is 1. The molecule has 0 saturated carbocycles. The van der Waals surface area contributed by atoms with Crippen molar-refractivity contribution in [3.63, 3.8) is 0 Å². The summed E-state index contributed by atoms with van der Waals surface area (Å²) < 4.78 is 47.0. The number of nitrogens with zero attached hydrogens (tertiary/aromatic N) is 4. The van der Waals surface area contributed by atoms with Gasteiger partial charge in [-0.25, -0.2) is 12.8 Å². The van der Waals surface area contributed by atoms with Gasteiger partial charge >= 0.3 is 0 Å². The molecular weight excluding hydrogens is 571 g/mol. The van der Waals surface area contributed by atoms with E-state index >= 15 is 0 Å². The third-order valence-corrected chi connectivity index (χ3v) is 9.77. The van der Waals surface area contributed by atoms with E-state index in [2.05, 4.69) is 44.5 Å². The average Bonchev–Trinajstić information content (AvgIpc) is 3.61. The number of fused-ring (bicyclic) bond motifs is 1. The van der Waals surface area contributed by atoms with Crippen molar-refractivity contribution < 1.29 is 22.3 Å². The minimum absolute atomic E-state index is 0.0128. The Morgan fingerprint density at radius 2 is 1.84 bits per heavy atom. The van der Waals surface area contributed by atoms with E-state index in [0.29, 0.717) is 30.0 Å². The van der Waals surface area contributed by atoms with E-state index in [-0.39, 0.29) is 35.8 Å². The van der Waals surface area contributed by atoms with Gasteiger partial charge in [0.1, 0.15) is 5.82 Å². The molecule has 43 heavy (non-hydrogen) atoms. The van der Waals surface area contributed by atoms with Crippen molar-refractivity contribution in [1.82, 2.24) is 19.4 Å². The van der Waals surface area contributed by atoms with Crippen LogP contribution in [0.3, 0.4) is 0 Å². The van der Waals surface area contributed by atoms with Gasteiger partial charge in [-0.3, -0.25) is 14.8 Å². The first kappa shape index (κ1) is 29.0. The van der Waals surface area contributed by atoms with E-state index in [1.807, 2.05) is 30.3 Å². The van der Waals surface area contributed by atoms with Crippen molar-refractivity contribution in [3.8, 4) is 0 Å². The molecule has 0 aliphatic carbocycles. The number of rotatable bonds is 9. The second-order valence-electron chi connectivity index (χ2n) is 10.8. The van der Waals surface area contributed by atoms with Crippen LogP contribution < -0.4 is 10.2 Å². The molecular formula is C31H33FN6O4S. The van der Waals surface area contributed by atoms with Gasteiger partial charge in [0.2, 0.25) is 10.0 Å². The van der Waals surface area contributed by atoms with Crippen LogP contribution in [-0.4, -0.2) is 73.1 Å². The molecule has 0 bridgehead atoms. The molecule has 1 aromatic heterocycles. The Morgan fingerprint density at radius 1 is 1.05 bits per heavy atom. The zero-order valence-corrected chi connectivity index (χ0v) is 24.6. The van der Waals surface area contributed by atoms with Crippen LogP contribution >= 0.6 is 0 Å². The van der Waals surface area contributed by atoms with E-state index in [1.165, 1.54) is 22.5 Å². The van der Waals surface area contributed by atoms with E-state index in [1.54, 1.807) is 12.1 Å². The smallest absolute Gasteiger partial charge is 0.256 e. The van der Waals surface area contributed by atoms with Gasteiger partial charge in [-0.05, 0) is 55.1 Å². The van der Waals surface area contributed by atoms with Crippen LogP contribution in [-0.2, 0) is 34.5 Å². The summed E-state index contributed by atoms with van der Waals surface area (Å²) >= 11 is 0. The lowest BCUT2D eigenvalue weighted by atomic mass is 10.1. The number of aromatic amines is 1. The zero-order chi connectivity index (χ0) is 30.0. The standard InChI is InChI=1S/C31H33FN6O4S/c1-36-14-15-37(17-26(36)21-42-20-22-6-3-2-4-7-22)25-12-10-23(11-13-25)31(39)33-30-28-18-38(19-29(28)34-35-30)43(40,41)27-9-5-8-24(32)16-27/h2-13,16,26H,14-15,17-21H2,1H3,(H2,33,34,35,39). The van der Waals surface area contributed by atoms with Gasteiger partial charge in [0.15, 0.2) is 5.82 Å². The van der Waals surface area contributed by atoms with Gasteiger partial charge in [0, 0.05) is 43.0 Å². The van der Waals surface area contributed by atoms with Crippen molar-refractivity contribution in [3.05, 3.63) is 107 Å². The Balaban J connectivity index is 1.06. The largest absolute Gasteiger partial charge is 0.375 e. The summed E-state index contributed by atoms with van der Waals surface area (Å²) in [5.74, 6) is -0.698. The normalized spacial score (nSPS) is 17.6. The molecule has 6 rings (SSSR count). The molecule has 1 atom stereocenters. The topological polar surface area (TPSA) is 111 Å². The molecule has 1 saturated heterocycles. The maximum Gasteiger partial charge on any atom is 0.256 e. The lowest BCUT2D eigenvalue weighted by Gasteiger charge is -2.40. The maximum atomic E-state index is 13.7. The third kappa shape index (κ3) is 6.32. The molecule has 3 heterocycles. The number of nitrogens with one attached hydrogen (secondary N) is 2. The van der Waals surface area contributed by atoms with E-state index < -0.39 is 15.8 Å². The fourth-order valence-electron chi connectivity index (χ4n) is 5.41. The molecule has 0 radical (unpaired) electrons. The second-order valence-corrected chi connectivity index (χ2v) is 12.8. The highest BCUT2D eigenvalue weighted by molar-refractivity contribution is 7.89. The highest BCUT2D eigenvalue weighted by atomic mass is 32.2. The molecule has 224 valence electrons. The molecule has 2 aliphatic rings. The number of sulfonamides is 1. The van der Waals surface area contributed by atoms with Crippen molar-refractivity contribution >= 4 is 27.4 Å². The first-order valence-corrected chi connectivity index (χ1v) is 15.5. The first-order chi connectivity index (χ1) is 20.8. The second kappa shape index (κ2) is 12.3. The molecule has 12 heteroatoms. The zero-order valence-electron chi connectivity index (χ0n) is 23.7. The fourth-order valence-corrected chi connectivity index (χ4v) is 6.82. The van der Waals surface area contributed by atoms with Gasteiger partial charge in [-0.15, -0.1) is 0 Å². The monoisotopic (exact) mass is 604 g/mol. The number of likely N-dealkylation sites (N-methyl/N-ethyl adjacent to an activating group) is 1. The highest BCUT2D eigenvalue weighted by Gasteiger charge is 2.34. The number of anilines is 2. The van der Waals surface area contributed by atoms with Gasteiger partial charge in [0.25, 0.3) is 5.91 Å². The molecule has 4 aromatic rings. The number of H-pyrrole nitrogens is 1. The number of hydrogen-bond acceptors (Lipinski definition) is 7. The number of halogens is 1. The molecule has 0 spiro atoms. The van der Waals surface area contributed by atoms with Gasteiger partial charge in [0.05, 0.1) is 36.4 Å². The molecule has 2 aliphatic heterocycles. The van der Waals surface area contributed by atoms with Gasteiger partial charge < -0.3 is 15.0 Å². The fraction of sp³-hybridized carbons (Fsp3) is 0.290. The van der Waals surface area contributed by atoms with Crippen LogP contribution in [0.15, 0.2) is 83.8 Å². The Hall–Kier alpha value is -4.10. The molecule has 1 fully saturated rings. The number of aromatic nitrogens is 2. The minimum Gasteiger partial charge on any atom is -0.375 e. The number of carbonyl (C=O) groups excluding carboxylic acids is 1. The number of benzene rings is 3. The Bertz CT molecular complexity index is 1700. The molecule has 1 amide bonds. The van der Waals surface area contributed by atoms with Crippen LogP contribution in [0, 0.1) is 5.82 Å². The van der Waals surface area contributed by atoms with Gasteiger partial charge in [-0.1, -0.05) is 36.4 Å². The summed E-state index contributed by atoms with van der Waals surface area (Å²) in [6.45, 7) is 3.84. The van der Waals surface area contributed by atoms with Crippen molar-refractivity contribution in [2.75, 3.05) is 43.5 Å². The molecule has 1 unspecified atom stereocenters. The average molecular weight is 605 g/mol. The van der Waals surface area contributed by atoms with Crippen LogP contribution in [0.5, 0.6) is 0 Å². The quantitative estimate of drug-likeness (QED) is 0.299.